The highest BCUT2D eigenvalue weighted by atomic mass is 127. The van der Waals surface area contributed by atoms with Gasteiger partial charge in [0, 0.05) is 29.1 Å². The first-order valence-electron chi connectivity index (χ1n) is 12.4. The molecule has 2 aromatic heterocycles. The van der Waals surface area contributed by atoms with Gasteiger partial charge in [-0.15, -0.1) is 0 Å². The molecule has 0 saturated carbocycles. The van der Waals surface area contributed by atoms with Gasteiger partial charge in [0.25, 0.3) is 5.91 Å². The van der Waals surface area contributed by atoms with Gasteiger partial charge in [0.05, 0.1) is 11.0 Å². The van der Waals surface area contributed by atoms with Crippen LogP contribution in [0.4, 0.5) is 0 Å². The van der Waals surface area contributed by atoms with E-state index < -0.39 is 11.7 Å². The average Bonchev–Trinajstić information content (AvgIpc) is 3.48. The van der Waals surface area contributed by atoms with Crippen LogP contribution < -0.4 is 10.4 Å². The third-order valence-electron chi connectivity index (χ3n) is 6.73. The van der Waals surface area contributed by atoms with E-state index in [1.165, 1.54) is 9.47 Å². The summed E-state index contributed by atoms with van der Waals surface area (Å²) in [6.45, 7) is 1.93. The minimum absolute atomic E-state index is 0.0829. The Hall–Kier alpha value is -4.06. The first-order valence-corrected chi connectivity index (χ1v) is 13.5. The van der Waals surface area contributed by atoms with Crippen LogP contribution >= 0.6 is 22.6 Å². The van der Waals surface area contributed by atoms with Crippen molar-refractivity contribution >= 4 is 39.5 Å². The number of hydrogen-bond acceptors (Lipinski definition) is 5. The Morgan fingerprint density at radius 1 is 1.08 bits per heavy atom. The molecule has 0 bridgehead atoms. The van der Waals surface area contributed by atoms with Crippen LogP contribution in [0.1, 0.15) is 30.3 Å². The number of nitrogens with zero attached hydrogens (tertiary/aromatic N) is 3. The number of rotatable bonds is 8. The maximum absolute atomic E-state index is 13.4. The molecule has 5 aromatic rings. The monoisotopic (exact) mass is 637 g/mol. The topological polar surface area (TPSA) is 116 Å². The Balaban J connectivity index is 1.55. The van der Waals surface area contributed by atoms with Gasteiger partial charge in [-0.2, -0.15) is 0 Å². The van der Waals surface area contributed by atoms with E-state index in [0.717, 1.165) is 20.2 Å². The number of aromatic hydroxyl groups is 1. The van der Waals surface area contributed by atoms with Gasteiger partial charge in [-0.3, -0.25) is 9.36 Å². The highest BCUT2D eigenvalue weighted by Crippen LogP contribution is 2.38. The van der Waals surface area contributed by atoms with E-state index in [4.69, 9.17) is 9.72 Å². The van der Waals surface area contributed by atoms with Crippen molar-refractivity contribution in [2.45, 2.75) is 18.9 Å². The van der Waals surface area contributed by atoms with E-state index >= 15 is 0 Å². The van der Waals surface area contributed by atoms with Crippen LogP contribution in [0.25, 0.3) is 22.3 Å². The van der Waals surface area contributed by atoms with E-state index in [1.54, 1.807) is 38.4 Å². The molecule has 9 nitrogen and oxygen atoms in total. The fraction of sp³-hybridized carbons (Fsp3) is 0.207. The molecular formula is C29H28IN5O4. The molecule has 5 rings (SSSR count). The van der Waals surface area contributed by atoms with Gasteiger partial charge >= 0.3 is 5.69 Å². The molecule has 0 aliphatic rings. The number of likely N-dealkylation sites (N-methyl/N-ethyl adjacent to an activating group) is 1. The number of nitrogens with one attached hydrogen (secondary N) is 2. The fourth-order valence-corrected chi connectivity index (χ4v) is 5.05. The van der Waals surface area contributed by atoms with Crippen LogP contribution in [-0.2, 0) is 4.79 Å². The van der Waals surface area contributed by atoms with E-state index in [0.29, 0.717) is 17.1 Å². The number of ether oxygens (including phenoxy) is 1. The lowest BCUT2D eigenvalue weighted by Crippen LogP contribution is -2.27. The zero-order chi connectivity index (χ0) is 27.7. The molecule has 0 fully saturated rings. The largest absolute Gasteiger partial charge is 0.493 e. The number of H-pyrrole nitrogens is 2. The molecule has 0 aliphatic heterocycles. The predicted molar refractivity (Wildman–Crippen MR) is 158 cm³/mol. The molecule has 3 N–H and O–H groups in total. The maximum atomic E-state index is 13.4. The molecule has 10 heteroatoms. The van der Waals surface area contributed by atoms with Gasteiger partial charge in [0.15, 0.2) is 6.61 Å². The summed E-state index contributed by atoms with van der Waals surface area (Å²) in [4.78, 5) is 37.7. The molecule has 0 aliphatic carbocycles. The normalized spacial score (nSPS) is 12.8. The second kappa shape index (κ2) is 11.0. The molecule has 2 heterocycles. The van der Waals surface area contributed by atoms with Crippen LogP contribution in [0.5, 0.6) is 11.6 Å². The van der Waals surface area contributed by atoms with Crippen LogP contribution in [0.2, 0.25) is 0 Å². The lowest BCUT2D eigenvalue weighted by Gasteiger charge is -2.24. The van der Waals surface area contributed by atoms with E-state index in [9.17, 15) is 14.7 Å². The van der Waals surface area contributed by atoms with Gasteiger partial charge in [-0.1, -0.05) is 37.3 Å². The van der Waals surface area contributed by atoms with Crippen molar-refractivity contribution < 1.29 is 14.6 Å². The Morgan fingerprint density at radius 2 is 1.79 bits per heavy atom. The quantitative estimate of drug-likeness (QED) is 0.210. The van der Waals surface area contributed by atoms with Gasteiger partial charge in [-0.05, 0) is 70.6 Å². The van der Waals surface area contributed by atoms with E-state index in [-0.39, 0.29) is 30.0 Å². The molecule has 1 amide bonds. The van der Waals surface area contributed by atoms with Crippen molar-refractivity contribution in [3.05, 3.63) is 98.2 Å². The molecule has 200 valence electrons. The van der Waals surface area contributed by atoms with Crippen molar-refractivity contribution in [3.63, 3.8) is 0 Å². The lowest BCUT2D eigenvalue weighted by molar-refractivity contribution is -0.130. The van der Waals surface area contributed by atoms with Crippen molar-refractivity contribution in [2.75, 3.05) is 20.7 Å². The maximum Gasteiger partial charge on any atom is 0.329 e. The molecule has 0 unspecified atom stereocenters. The summed E-state index contributed by atoms with van der Waals surface area (Å²) in [7, 11) is 3.33. The number of aromatic amines is 2. The zero-order valence-electron chi connectivity index (χ0n) is 21.7. The third kappa shape index (κ3) is 5.42. The highest BCUT2D eigenvalue weighted by Gasteiger charge is 2.31. The van der Waals surface area contributed by atoms with Crippen molar-refractivity contribution in [1.29, 1.82) is 0 Å². The van der Waals surface area contributed by atoms with Crippen molar-refractivity contribution in [1.82, 2.24) is 24.4 Å². The zero-order valence-corrected chi connectivity index (χ0v) is 23.8. The summed E-state index contributed by atoms with van der Waals surface area (Å²) in [6, 6.07) is 22.0. The molecule has 0 spiro atoms. The third-order valence-corrected chi connectivity index (χ3v) is 7.40. The van der Waals surface area contributed by atoms with Crippen LogP contribution in [0, 0.1) is 3.57 Å². The number of halogens is 1. The summed E-state index contributed by atoms with van der Waals surface area (Å²) in [5, 5.41) is 11.4. The second-order valence-electron chi connectivity index (χ2n) is 9.53. The van der Waals surface area contributed by atoms with Gasteiger partial charge in [-0.25, -0.2) is 9.78 Å². The first-order chi connectivity index (χ1) is 18.7. The summed E-state index contributed by atoms with van der Waals surface area (Å²) in [5.41, 5.74) is 3.06. The van der Waals surface area contributed by atoms with E-state index in [1.807, 2.05) is 55.5 Å². The van der Waals surface area contributed by atoms with Crippen LogP contribution in [0.3, 0.4) is 0 Å². The number of fused-ring (bicyclic) bond motifs is 1. The number of carbonyl (C=O) groups excluding carboxylic acids is 1. The minimum Gasteiger partial charge on any atom is -0.493 e. The number of amides is 1. The van der Waals surface area contributed by atoms with Gasteiger partial charge < -0.3 is 24.7 Å². The average molecular weight is 637 g/mol. The molecule has 0 radical (unpaired) electrons. The molecule has 0 saturated heterocycles. The number of benzene rings is 3. The second-order valence-corrected chi connectivity index (χ2v) is 10.8. The standard InChI is InChI=1S/C29H28IN5O4/c1-17(18-7-5-4-6-8-18)26(27-31-22-14-11-20(30)15-23(22)32-27)35-28(37)25(33-29(35)38)19-9-12-21(13-10-19)39-16-24(36)34(2)3/h4-15,17,26,37H,16H2,1-3H3,(H,31,32)(H,33,38)/t17-,26-/m0/s1. The highest BCUT2D eigenvalue weighted by molar-refractivity contribution is 14.1. The first kappa shape index (κ1) is 26.5. The summed E-state index contributed by atoms with van der Waals surface area (Å²) < 4.78 is 7.97. The van der Waals surface area contributed by atoms with Gasteiger partial charge in [0.1, 0.15) is 23.3 Å². The Labute approximate surface area is 238 Å². The summed E-state index contributed by atoms with van der Waals surface area (Å²) >= 11 is 2.25. The summed E-state index contributed by atoms with van der Waals surface area (Å²) in [5.74, 6) is 0.516. The van der Waals surface area contributed by atoms with Crippen molar-refractivity contribution in [2.24, 2.45) is 0 Å². The minimum atomic E-state index is -0.616. The van der Waals surface area contributed by atoms with Gasteiger partial charge in [0.2, 0.25) is 5.88 Å². The molecular weight excluding hydrogens is 609 g/mol. The predicted octanol–water partition coefficient (Wildman–Crippen LogP) is 4.89. The Bertz CT molecular complexity index is 1670. The van der Waals surface area contributed by atoms with E-state index in [2.05, 4.69) is 32.6 Å². The molecule has 39 heavy (non-hydrogen) atoms. The number of hydrogen-bond donors (Lipinski definition) is 3. The Morgan fingerprint density at radius 3 is 2.49 bits per heavy atom. The molecule has 3 aromatic carbocycles. The lowest BCUT2D eigenvalue weighted by atomic mass is 9.92. The number of aromatic nitrogens is 4. The summed E-state index contributed by atoms with van der Waals surface area (Å²) in [6.07, 6.45) is 0. The smallest absolute Gasteiger partial charge is 0.329 e. The van der Waals surface area contributed by atoms with Crippen molar-refractivity contribution in [3.8, 4) is 22.9 Å². The van der Waals surface area contributed by atoms with Crippen LogP contribution in [-0.4, -0.2) is 56.1 Å². The van der Waals surface area contributed by atoms with Crippen LogP contribution in [0.15, 0.2) is 77.6 Å². The SMILES string of the molecule is C[C@@H](c1ccccc1)[C@@H](c1nc2ccc(I)cc2[nH]1)n1c(O)c(-c2ccc(OCC(=O)N(C)C)cc2)[nH]c1=O. The fourth-order valence-electron chi connectivity index (χ4n) is 4.55. The molecule has 2 atom stereocenters. The number of imidazole rings is 2. The Kier molecular flexibility index (Phi) is 7.47. The number of carbonyl (C=O) groups is 1.